The van der Waals surface area contributed by atoms with Crippen molar-refractivity contribution < 1.29 is 9.26 Å². The Balaban J connectivity index is 2.27. The molecule has 0 fully saturated rings. The molecule has 102 valence electrons. The van der Waals surface area contributed by atoms with Crippen LogP contribution < -0.4 is 5.73 Å². The van der Waals surface area contributed by atoms with Crippen LogP contribution in [0.2, 0.25) is 0 Å². The second-order valence-corrected chi connectivity index (χ2v) is 4.65. The van der Waals surface area contributed by atoms with E-state index in [1.165, 1.54) is 0 Å². The summed E-state index contributed by atoms with van der Waals surface area (Å²) in [6.45, 7) is 6.59. The highest BCUT2D eigenvalue weighted by atomic mass is 16.5. The number of nitrogens with two attached hydrogens (primary N) is 1. The zero-order valence-corrected chi connectivity index (χ0v) is 11.4. The highest BCUT2D eigenvalue weighted by molar-refractivity contribution is 5.51. The van der Waals surface area contributed by atoms with Gasteiger partial charge in [0.1, 0.15) is 11.2 Å². The van der Waals surface area contributed by atoms with Crippen LogP contribution >= 0.6 is 0 Å². The van der Waals surface area contributed by atoms with E-state index in [2.05, 4.69) is 15.1 Å². The number of aryl methyl sites for hydroxylation is 1. The molecule has 0 aliphatic rings. The molecule has 2 aromatic heterocycles. The minimum absolute atomic E-state index is 0.337. The lowest BCUT2D eigenvalue weighted by molar-refractivity contribution is 0.0962. The molecular weight excluding hydrogens is 244 g/mol. The summed E-state index contributed by atoms with van der Waals surface area (Å²) in [5.74, 6) is 0.794. The van der Waals surface area contributed by atoms with Gasteiger partial charge in [0.2, 0.25) is 0 Å². The third-order valence-corrected chi connectivity index (χ3v) is 2.75. The molecule has 0 aromatic carbocycles. The molecule has 0 aliphatic carbocycles. The Hall–Kier alpha value is -1.79. The topological polar surface area (TPSA) is 87.1 Å². The molecule has 0 radical (unpaired) electrons. The van der Waals surface area contributed by atoms with E-state index in [0.29, 0.717) is 30.6 Å². The molecule has 1 atom stereocenters. The van der Waals surface area contributed by atoms with Gasteiger partial charge in [-0.2, -0.15) is 4.98 Å². The zero-order chi connectivity index (χ0) is 13.9. The number of hydrogen-bond donors (Lipinski definition) is 1. The number of nitrogens with zero attached hydrogens (tertiary/aromatic N) is 3. The van der Waals surface area contributed by atoms with Crippen molar-refractivity contribution >= 4 is 0 Å². The summed E-state index contributed by atoms with van der Waals surface area (Å²) in [6.07, 6.45) is 1.69. The Labute approximate surface area is 112 Å². The van der Waals surface area contributed by atoms with Crippen LogP contribution in [0, 0.1) is 6.92 Å². The van der Waals surface area contributed by atoms with Crippen molar-refractivity contribution in [1.82, 2.24) is 15.1 Å². The fourth-order valence-electron chi connectivity index (χ4n) is 1.64. The van der Waals surface area contributed by atoms with Crippen LogP contribution in [0.3, 0.4) is 0 Å². The van der Waals surface area contributed by atoms with Gasteiger partial charge in [-0.15, -0.1) is 0 Å². The maximum atomic E-state index is 6.12. The minimum Gasteiger partial charge on any atom is -0.379 e. The van der Waals surface area contributed by atoms with Crippen molar-refractivity contribution in [2.45, 2.75) is 26.3 Å². The summed E-state index contributed by atoms with van der Waals surface area (Å²) in [5, 5.41) is 3.93. The van der Waals surface area contributed by atoms with Gasteiger partial charge < -0.3 is 15.0 Å². The summed E-state index contributed by atoms with van der Waals surface area (Å²) >= 11 is 0. The number of ether oxygens (including phenoxy) is 1. The average Bonchev–Trinajstić information content (AvgIpc) is 2.87. The van der Waals surface area contributed by atoms with Gasteiger partial charge in [-0.25, -0.2) is 0 Å². The van der Waals surface area contributed by atoms with E-state index in [9.17, 15) is 0 Å². The average molecular weight is 262 g/mol. The molecule has 0 spiro atoms. The Morgan fingerprint density at radius 2 is 2.26 bits per heavy atom. The smallest absolute Gasteiger partial charge is 0.276 e. The van der Waals surface area contributed by atoms with Crippen LogP contribution in [-0.4, -0.2) is 28.3 Å². The van der Waals surface area contributed by atoms with Gasteiger partial charge in [-0.3, -0.25) is 4.98 Å². The minimum atomic E-state index is -0.777. The Morgan fingerprint density at radius 3 is 2.95 bits per heavy atom. The summed E-state index contributed by atoms with van der Waals surface area (Å²) < 4.78 is 10.6. The molecular formula is C13H18N4O2. The number of pyridine rings is 1. The van der Waals surface area contributed by atoms with Crippen LogP contribution in [0.4, 0.5) is 0 Å². The van der Waals surface area contributed by atoms with Gasteiger partial charge >= 0.3 is 0 Å². The molecule has 0 saturated carbocycles. The first-order valence-electron chi connectivity index (χ1n) is 6.17. The third kappa shape index (κ3) is 2.97. The van der Waals surface area contributed by atoms with E-state index in [0.717, 1.165) is 5.56 Å². The van der Waals surface area contributed by atoms with E-state index in [-0.39, 0.29) is 0 Å². The molecule has 0 saturated heterocycles. The quantitative estimate of drug-likeness (QED) is 0.881. The molecule has 1 unspecified atom stereocenters. The van der Waals surface area contributed by atoms with Crippen molar-refractivity contribution in [3.8, 4) is 11.6 Å². The SMILES string of the molecule is CCOCC(C)(N)c1noc(-c2ncccc2C)n1. The predicted molar refractivity (Wildman–Crippen MR) is 70.3 cm³/mol. The largest absolute Gasteiger partial charge is 0.379 e. The third-order valence-electron chi connectivity index (χ3n) is 2.75. The van der Waals surface area contributed by atoms with E-state index >= 15 is 0 Å². The first-order chi connectivity index (χ1) is 9.04. The van der Waals surface area contributed by atoms with Crippen molar-refractivity contribution in [2.75, 3.05) is 13.2 Å². The van der Waals surface area contributed by atoms with Crippen LogP contribution in [0.5, 0.6) is 0 Å². The van der Waals surface area contributed by atoms with Crippen molar-refractivity contribution in [3.63, 3.8) is 0 Å². The summed E-state index contributed by atoms with van der Waals surface area (Å²) in [7, 11) is 0. The molecule has 0 amide bonds. The first-order valence-corrected chi connectivity index (χ1v) is 6.17. The first kappa shape index (κ1) is 13.6. The number of aromatic nitrogens is 3. The van der Waals surface area contributed by atoms with Crippen LogP contribution in [0.25, 0.3) is 11.6 Å². The summed E-state index contributed by atoms with van der Waals surface area (Å²) in [4.78, 5) is 8.56. The second kappa shape index (κ2) is 5.46. The molecule has 2 rings (SSSR count). The second-order valence-electron chi connectivity index (χ2n) is 4.65. The lowest BCUT2D eigenvalue weighted by Crippen LogP contribution is -2.39. The van der Waals surface area contributed by atoms with E-state index in [1.807, 2.05) is 32.9 Å². The van der Waals surface area contributed by atoms with Gasteiger partial charge in [0.15, 0.2) is 5.82 Å². The molecule has 6 nitrogen and oxygen atoms in total. The maximum Gasteiger partial charge on any atom is 0.276 e. The maximum absolute atomic E-state index is 6.12. The molecule has 0 aliphatic heterocycles. The van der Waals surface area contributed by atoms with Crippen molar-refractivity contribution in [2.24, 2.45) is 5.73 Å². The number of rotatable bonds is 5. The van der Waals surface area contributed by atoms with Crippen LogP contribution in [-0.2, 0) is 10.3 Å². The lowest BCUT2D eigenvalue weighted by Gasteiger charge is -2.19. The fraction of sp³-hybridized carbons (Fsp3) is 0.462. The monoisotopic (exact) mass is 262 g/mol. The zero-order valence-electron chi connectivity index (χ0n) is 11.4. The molecule has 2 heterocycles. The molecule has 2 N–H and O–H groups in total. The molecule has 2 aromatic rings. The van der Waals surface area contributed by atoms with Gasteiger partial charge in [-0.1, -0.05) is 11.2 Å². The molecule has 0 bridgehead atoms. The fourth-order valence-corrected chi connectivity index (χ4v) is 1.64. The predicted octanol–water partition coefficient (Wildman–Crippen LogP) is 1.65. The normalized spacial score (nSPS) is 14.3. The summed E-state index contributed by atoms with van der Waals surface area (Å²) in [5.41, 5.74) is 6.99. The Morgan fingerprint density at radius 1 is 1.47 bits per heavy atom. The van der Waals surface area contributed by atoms with Crippen molar-refractivity contribution in [3.05, 3.63) is 29.7 Å². The van der Waals surface area contributed by atoms with Gasteiger partial charge in [-0.05, 0) is 32.4 Å². The standard InChI is InChI=1S/C13H18N4O2/c1-4-18-8-13(3,14)12-16-11(19-17-12)10-9(2)6-5-7-15-10/h5-7H,4,8,14H2,1-3H3. The van der Waals surface area contributed by atoms with Gasteiger partial charge in [0.25, 0.3) is 5.89 Å². The van der Waals surface area contributed by atoms with Crippen molar-refractivity contribution in [1.29, 1.82) is 0 Å². The lowest BCUT2D eigenvalue weighted by atomic mass is 10.1. The number of hydrogen-bond acceptors (Lipinski definition) is 6. The van der Waals surface area contributed by atoms with E-state index < -0.39 is 5.54 Å². The van der Waals surface area contributed by atoms with E-state index in [4.69, 9.17) is 15.0 Å². The summed E-state index contributed by atoms with van der Waals surface area (Å²) in [6, 6.07) is 3.80. The highest BCUT2D eigenvalue weighted by Gasteiger charge is 2.28. The van der Waals surface area contributed by atoms with Crippen LogP contribution in [0.15, 0.2) is 22.9 Å². The Bertz CT molecular complexity index is 551. The van der Waals surface area contributed by atoms with Crippen LogP contribution in [0.1, 0.15) is 25.2 Å². The van der Waals surface area contributed by atoms with Gasteiger partial charge in [0, 0.05) is 12.8 Å². The molecule has 19 heavy (non-hydrogen) atoms. The van der Waals surface area contributed by atoms with E-state index in [1.54, 1.807) is 6.20 Å². The Kier molecular flexibility index (Phi) is 3.92. The van der Waals surface area contributed by atoms with Gasteiger partial charge in [0.05, 0.1) is 6.61 Å². The molecule has 6 heteroatoms. The highest BCUT2D eigenvalue weighted by Crippen LogP contribution is 2.22.